The number of nitrogens with one attached hydrogen (secondary N) is 1. The summed E-state index contributed by atoms with van der Waals surface area (Å²) in [5.41, 5.74) is 5.95. The minimum atomic E-state index is -0.0341. The molecule has 2 saturated heterocycles. The fraction of sp³-hybridized carbons (Fsp3) is 0.682. The molecule has 2 fully saturated rings. The summed E-state index contributed by atoms with van der Waals surface area (Å²) in [4.78, 5) is 25.8. The summed E-state index contributed by atoms with van der Waals surface area (Å²) in [5.74, 6) is 2.33. The van der Waals surface area contributed by atoms with Gasteiger partial charge in [-0.1, -0.05) is 32.1 Å². The number of thioether (sulfide) groups is 1. The van der Waals surface area contributed by atoms with Crippen molar-refractivity contribution in [1.82, 2.24) is 19.8 Å². The van der Waals surface area contributed by atoms with E-state index in [0.717, 1.165) is 72.9 Å². The van der Waals surface area contributed by atoms with Crippen molar-refractivity contribution in [2.75, 3.05) is 31.5 Å². The smallest absolute Gasteiger partial charge is 0.320 e. The Hall–Kier alpha value is -1.78. The molecular formula is C22H34N6O2S2. The maximum atomic E-state index is 12.9. The maximum Gasteiger partial charge on any atom is 0.320 e. The Kier molecular flexibility index (Phi) is 7.31. The molecule has 176 valence electrons. The lowest BCUT2D eigenvalue weighted by molar-refractivity contribution is 0.129. The number of anilines is 1. The summed E-state index contributed by atoms with van der Waals surface area (Å²) in [6.07, 6.45) is 7.56. The zero-order valence-electron chi connectivity index (χ0n) is 19.2. The van der Waals surface area contributed by atoms with E-state index in [0.29, 0.717) is 5.75 Å². The molecule has 32 heavy (non-hydrogen) atoms. The lowest BCUT2D eigenvalue weighted by Gasteiger charge is -2.38. The molecule has 0 spiro atoms. The molecule has 1 atom stereocenters. The number of aromatic nitrogens is 2. The molecule has 2 aliphatic heterocycles. The fourth-order valence-electron chi connectivity index (χ4n) is 3.98. The van der Waals surface area contributed by atoms with Crippen LogP contribution in [0, 0.1) is 0 Å². The van der Waals surface area contributed by atoms with Gasteiger partial charge in [-0.3, -0.25) is 0 Å². The Balaban J connectivity index is 1.26. The Labute approximate surface area is 198 Å². The summed E-state index contributed by atoms with van der Waals surface area (Å²) >= 11 is 3.32. The summed E-state index contributed by atoms with van der Waals surface area (Å²) in [6.45, 7) is 9.43. The van der Waals surface area contributed by atoms with Gasteiger partial charge in [-0.15, -0.1) is 11.8 Å². The minimum Gasteiger partial charge on any atom is -0.444 e. The van der Waals surface area contributed by atoms with E-state index in [2.05, 4.69) is 36.1 Å². The summed E-state index contributed by atoms with van der Waals surface area (Å²) in [5, 5.41) is 4.44. The van der Waals surface area contributed by atoms with E-state index in [1.807, 2.05) is 22.2 Å². The van der Waals surface area contributed by atoms with Crippen molar-refractivity contribution >= 4 is 34.3 Å². The summed E-state index contributed by atoms with van der Waals surface area (Å²) in [7, 11) is 0. The van der Waals surface area contributed by atoms with E-state index in [1.54, 1.807) is 23.1 Å². The third-order valence-electron chi connectivity index (χ3n) is 5.94. The molecule has 10 heteroatoms. The highest BCUT2D eigenvalue weighted by Gasteiger charge is 2.29. The van der Waals surface area contributed by atoms with Gasteiger partial charge < -0.3 is 25.3 Å². The molecule has 4 rings (SSSR count). The van der Waals surface area contributed by atoms with Crippen LogP contribution in [-0.4, -0.2) is 64.1 Å². The molecular weight excluding hydrogens is 444 g/mol. The van der Waals surface area contributed by atoms with Gasteiger partial charge in [0.2, 0.25) is 5.89 Å². The average Bonchev–Trinajstić information content (AvgIpc) is 3.42. The molecule has 0 bridgehead atoms. The number of likely N-dealkylation sites (tertiary alicyclic amines) is 2. The van der Waals surface area contributed by atoms with E-state index < -0.39 is 0 Å². The molecule has 4 heterocycles. The van der Waals surface area contributed by atoms with E-state index in [-0.39, 0.29) is 23.5 Å². The van der Waals surface area contributed by atoms with Gasteiger partial charge in [0.25, 0.3) is 0 Å². The number of oxazole rings is 1. The molecule has 8 nitrogen and oxygen atoms in total. The van der Waals surface area contributed by atoms with Crippen LogP contribution < -0.4 is 11.1 Å². The standard InChI is InChI=1S/C22H34N6O2S2/c1-22(2,3)17-11-24-18(30-17)14-31-19-12-25-20(32-19)26-16-5-4-8-28(13-16)21(29)27-9-6-15(23)7-10-27/h11-12,15-16H,4-10,13-14,23H2,1-3H3,(H,25,26). The monoisotopic (exact) mass is 478 g/mol. The van der Waals surface area contributed by atoms with Crippen molar-refractivity contribution in [3.63, 3.8) is 0 Å². The number of piperidine rings is 2. The van der Waals surface area contributed by atoms with Crippen LogP contribution >= 0.6 is 23.1 Å². The molecule has 2 aromatic heterocycles. The largest absolute Gasteiger partial charge is 0.444 e. The van der Waals surface area contributed by atoms with E-state index in [9.17, 15) is 4.79 Å². The number of urea groups is 1. The SMILES string of the molecule is CC(C)(C)c1cnc(CSc2cnc(NC3CCCN(C(=O)N4CCC(N)CC4)C3)s2)o1. The Bertz CT molecular complexity index is 900. The van der Waals surface area contributed by atoms with Crippen molar-refractivity contribution in [3.8, 4) is 0 Å². The van der Waals surface area contributed by atoms with Gasteiger partial charge in [-0.05, 0) is 25.7 Å². The highest BCUT2D eigenvalue weighted by Crippen LogP contribution is 2.32. The van der Waals surface area contributed by atoms with Crippen LogP contribution in [0.25, 0.3) is 0 Å². The number of hydrogen-bond acceptors (Lipinski definition) is 8. The summed E-state index contributed by atoms with van der Waals surface area (Å²) < 4.78 is 7.00. The first-order valence-corrected chi connectivity index (χ1v) is 13.2. The van der Waals surface area contributed by atoms with Crippen LogP contribution in [0.5, 0.6) is 0 Å². The van der Waals surface area contributed by atoms with Gasteiger partial charge in [0.05, 0.1) is 22.4 Å². The topological polar surface area (TPSA) is 101 Å². The quantitative estimate of drug-likeness (QED) is 0.623. The average molecular weight is 479 g/mol. The number of carbonyl (C=O) groups excluding carboxylic acids is 1. The Morgan fingerprint density at radius 1 is 1.22 bits per heavy atom. The van der Waals surface area contributed by atoms with Crippen LogP contribution in [0.15, 0.2) is 21.0 Å². The molecule has 0 saturated carbocycles. The van der Waals surface area contributed by atoms with Gasteiger partial charge in [-0.25, -0.2) is 14.8 Å². The first-order chi connectivity index (χ1) is 15.3. The molecule has 0 aliphatic carbocycles. The number of amides is 2. The number of rotatable bonds is 5. The normalized spacial score (nSPS) is 20.6. The van der Waals surface area contributed by atoms with Gasteiger partial charge in [0.1, 0.15) is 5.76 Å². The van der Waals surface area contributed by atoms with Crippen molar-refractivity contribution in [2.45, 2.75) is 73.9 Å². The number of hydrogen-bond donors (Lipinski definition) is 2. The van der Waals surface area contributed by atoms with Gasteiger partial charge in [0, 0.05) is 43.7 Å². The van der Waals surface area contributed by atoms with Crippen LogP contribution in [0.1, 0.15) is 58.1 Å². The van der Waals surface area contributed by atoms with Crippen LogP contribution in [-0.2, 0) is 11.2 Å². The van der Waals surface area contributed by atoms with Gasteiger partial charge in [0.15, 0.2) is 5.13 Å². The van der Waals surface area contributed by atoms with Crippen molar-refractivity contribution in [1.29, 1.82) is 0 Å². The molecule has 1 unspecified atom stereocenters. The Morgan fingerprint density at radius 3 is 2.72 bits per heavy atom. The van der Waals surface area contributed by atoms with E-state index >= 15 is 0 Å². The first kappa shape index (κ1) is 23.4. The van der Waals surface area contributed by atoms with Gasteiger partial charge >= 0.3 is 6.03 Å². The Morgan fingerprint density at radius 2 is 2.00 bits per heavy atom. The molecule has 0 radical (unpaired) electrons. The molecule has 2 amide bonds. The van der Waals surface area contributed by atoms with Gasteiger partial charge in [-0.2, -0.15) is 0 Å². The molecule has 2 aliphatic rings. The second-order valence-corrected chi connectivity index (χ2v) is 12.0. The molecule has 0 aromatic carbocycles. The fourth-order valence-corrected chi connectivity index (χ4v) is 5.79. The number of nitrogens with two attached hydrogens (primary N) is 1. The van der Waals surface area contributed by atoms with Crippen molar-refractivity contribution < 1.29 is 9.21 Å². The number of thiazole rings is 1. The molecule has 3 N–H and O–H groups in total. The zero-order chi connectivity index (χ0) is 22.7. The number of nitrogens with zero attached hydrogens (tertiary/aromatic N) is 4. The zero-order valence-corrected chi connectivity index (χ0v) is 20.8. The maximum absolute atomic E-state index is 12.9. The highest BCUT2D eigenvalue weighted by atomic mass is 32.2. The van der Waals surface area contributed by atoms with E-state index in [4.69, 9.17) is 10.2 Å². The minimum absolute atomic E-state index is 0.0341. The second-order valence-electron chi connectivity index (χ2n) is 9.68. The number of carbonyl (C=O) groups is 1. The lowest BCUT2D eigenvalue weighted by Crippen LogP contribution is -2.53. The second kappa shape index (κ2) is 10.0. The summed E-state index contributed by atoms with van der Waals surface area (Å²) in [6, 6.07) is 0.611. The lowest BCUT2D eigenvalue weighted by atomic mass is 9.94. The van der Waals surface area contributed by atoms with Crippen molar-refractivity contribution in [3.05, 3.63) is 24.0 Å². The predicted octanol–water partition coefficient (Wildman–Crippen LogP) is 4.14. The van der Waals surface area contributed by atoms with Crippen LogP contribution in [0.4, 0.5) is 9.93 Å². The third-order valence-corrected chi connectivity index (χ3v) is 8.05. The van der Waals surface area contributed by atoms with Crippen molar-refractivity contribution in [2.24, 2.45) is 5.73 Å². The third kappa shape index (κ3) is 5.96. The van der Waals surface area contributed by atoms with Crippen LogP contribution in [0.2, 0.25) is 0 Å². The predicted molar refractivity (Wildman–Crippen MR) is 129 cm³/mol. The first-order valence-electron chi connectivity index (χ1n) is 11.4. The highest BCUT2D eigenvalue weighted by molar-refractivity contribution is 8.00. The molecule has 2 aromatic rings. The van der Waals surface area contributed by atoms with Crippen LogP contribution in [0.3, 0.4) is 0 Å². The van der Waals surface area contributed by atoms with E-state index in [1.165, 1.54) is 0 Å².